The highest BCUT2D eigenvalue weighted by molar-refractivity contribution is 7.17. The molecule has 26 heavy (non-hydrogen) atoms. The average molecular weight is 372 g/mol. The molecule has 0 saturated heterocycles. The van der Waals surface area contributed by atoms with Gasteiger partial charge in [-0.05, 0) is 31.0 Å². The normalized spacial score (nSPS) is 12.1. The molecule has 6 nitrogen and oxygen atoms in total. The molecule has 0 aliphatic heterocycles. The molecule has 1 atom stereocenters. The molecule has 0 fully saturated rings. The summed E-state index contributed by atoms with van der Waals surface area (Å²) in [6, 6.07) is 6.89. The maximum Gasteiger partial charge on any atom is 0.328 e. The zero-order chi connectivity index (χ0) is 18.7. The van der Waals surface area contributed by atoms with Gasteiger partial charge >= 0.3 is 5.97 Å². The number of benzene rings is 1. The number of methoxy groups -OCH3 is 1. The van der Waals surface area contributed by atoms with Crippen molar-refractivity contribution in [3.63, 3.8) is 0 Å². The molecule has 3 aromatic rings. The van der Waals surface area contributed by atoms with Crippen LogP contribution in [0, 0.1) is 0 Å². The number of aromatic nitrogens is 2. The fourth-order valence-corrected chi connectivity index (χ4v) is 3.58. The van der Waals surface area contributed by atoms with Crippen molar-refractivity contribution in [2.45, 2.75) is 26.3 Å². The number of rotatable bonds is 6. The minimum atomic E-state index is -0.734. The molecule has 1 aromatic carbocycles. The number of thiophene rings is 1. The third-order valence-corrected chi connectivity index (χ3v) is 5.00. The number of hydrogen-bond acceptors (Lipinski definition) is 6. The van der Waals surface area contributed by atoms with Crippen molar-refractivity contribution in [3.8, 4) is 16.9 Å². The summed E-state index contributed by atoms with van der Waals surface area (Å²) >= 11 is 1.40. The van der Waals surface area contributed by atoms with Crippen molar-refractivity contribution in [2.24, 2.45) is 0 Å². The molecule has 0 aliphatic carbocycles. The van der Waals surface area contributed by atoms with Crippen molar-refractivity contribution in [2.75, 3.05) is 13.7 Å². The van der Waals surface area contributed by atoms with Gasteiger partial charge in [-0.25, -0.2) is 9.78 Å². The zero-order valence-electron chi connectivity index (χ0n) is 14.9. The second-order valence-electron chi connectivity index (χ2n) is 5.86. The Morgan fingerprint density at radius 1 is 1.31 bits per heavy atom. The van der Waals surface area contributed by atoms with E-state index in [1.165, 1.54) is 29.3 Å². The zero-order valence-corrected chi connectivity index (χ0v) is 15.7. The van der Waals surface area contributed by atoms with Crippen LogP contribution in [0.1, 0.15) is 26.3 Å². The van der Waals surface area contributed by atoms with Crippen LogP contribution in [0.2, 0.25) is 0 Å². The van der Waals surface area contributed by atoms with E-state index in [-0.39, 0.29) is 5.56 Å². The van der Waals surface area contributed by atoms with Gasteiger partial charge in [-0.2, -0.15) is 0 Å². The molecule has 0 N–H and O–H groups in total. The Balaban J connectivity index is 2.04. The van der Waals surface area contributed by atoms with Gasteiger partial charge in [-0.3, -0.25) is 9.36 Å². The Bertz CT molecular complexity index is 975. The van der Waals surface area contributed by atoms with Crippen molar-refractivity contribution in [1.29, 1.82) is 0 Å². The summed E-state index contributed by atoms with van der Waals surface area (Å²) in [4.78, 5) is 29.7. The van der Waals surface area contributed by atoms with E-state index in [4.69, 9.17) is 9.47 Å². The van der Waals surface area contributed by atoms with E-state index in [1.807, 2.05) is 29.6 Å². The standard InChI is InChI=1S/C19H20N2O4S/c1-4-9-25-14-7-5-13(6-8-14)15-10-26-17-16(15)18(22)21(11-20-17)12(2)19(23)24-3/h5-8,10-12H,4,9H2,1-3H3/t12-/m1/s1. The third kappa shape index (κ3) is 3.35. The Morgan fingerprint density at radius 2 is 2.04 bits per heavy atom. The Morgan fingerprint density at radius 3 is 2.69 bits per heavy atom. The second kappa shape index (κ2) is 7.70. The first-order chi connectivity index (χ1) is 12.6. The van der Waals surface area contributed by atoms with E-state index in [9.17, 15) is 9.59 Å². The predicted octanol–water partition coefficient (Wildman–Crippen LogP) is 3.65. The predicted molar refractivity (Wildman–Crippen MR) is 102 cm³/mol. The smallest absolute Gasteiger partial charge is 0.328 e. The monoisotopic (exact) mass is 372 g/mol. The van der Waals surface area contributed by atoms with Gasteiger partial charge in [0.05, 0.1) is 25.4 Å². The lowest BCUT2D eigenvalue weighted by atomic mass is 10.1. The highest BCUT2D eigenvalue weighted by Gasteiger charge is 2.20. The van der Waals surface area contributed by atoms with Gasteiger partial charge in [-0.15, -0.1) is 11.3 Å². The fraction of sp³-hybridized carbons (Fsp3) is 0.316. The first kappa shape index (κ1) is 18.1. The fourth-order valence-electron chi connectivity index (χ4n) is 2.67. The van der Waals surface area contributed by atoms with Crippen molar-refractivity contribution >= 4 is 27.5 Å². The topological polar surface area (TPSA) is 70.4 Å². The van der Waals surface area contributed by atoms with Gasteiger partial charge in [0.2, 0.25) is 0 Å². The summed E-state index contributed by atoms with van der Waals surface area (Å²) in [6.07, 6.45) is 2.34. The molecule has 2 aromatic heterocycles. The van der Waals surface area contributed by atoms with Crippen LogP contribution >= 0.6 is 11.3 Å². The summed E-state index contributed by atoms with van der Waals surface area (Å²) < 4.78 is 11.6. The maximum atomic E-state index is 13.0. The van der Waals surface area contributed by atoms with Crippen LogP contribution in [0.15, 0.2) is 40.8 Å². The molecule has 0 unspecified atom stereocenters. The van der Waals surface area contributed by atoms with Crippen LogP contribution in [-0.2, 0) is 9.53 Å². The molecular formula is C19H20N2O4S. The molecular weight excluding hydrogens is 352 g/mol. The van der Waals surface area contributed by atoms with Gasteiger partial charge in [-0.1, -0.05) is 19.1 Å². The molecule has 3 rings (SSSR count). The lowest BCUT2D eigenvalue weighted by Gasteiger charge is -2.12. The number of carbonyl (C=O) groups is 1. The lowest BCUT2D eigenvalue weighted by Crippen LogP contribution is -2.29. The van der Waals surface area contributed by atoms with E-state index in [0.717, 1.165) is 23.3 Å². The highest BCUT2D eigenvalue weighted by atomic mass is 32.1. The first-order valence-corrected chi connectivity index (χ1v) is 9.24. The van der Waals surface area contributed by atoms with Gasteiger partial charge < -0.3 is 9.47 Å². The molecule has 7 heteroatoms. The number of fused-ring (bicyclic) bond motifs is 1. The van der Waals surface area contributed by atoms with E-state index in [0.29, 0.717) is 16.8 Å². The molecule has 136 valence electrons. The number of ether oxygens (including phenoxy) is 2. The molecule has 0 radical (unpaired) electrons. The summed E-state index contributed by atoms with van der Waals surface area (Å²) in [5.74, 6) is 0.312. The molecule has 0 aliphatic rings. The van der Waals surface area contributed by atoms with E-state index >= 15 is 0 Å². The molecule has 2 heterocycles. The summed E-state index contributed by atoms with van der Waals surface area (Å²) in [6.45, 7) is 4.34. The molecule has 0 spiro atoms. The number of carbonyl (C=O) groups excluding carboxylic acids is 1. The number of nitrogens with zero attached hydrogens (tertiary/aromatic N) is 2. The van der Waals surface area contributed by atoms with Crippen LogP contribution in [0.25, 0.3) is 21.3 Å². The minimum absolute atomic E-state index is 0.254. The molecule has 0 saturated carbocycles. The molecule has 0 bridgehead atoms. The van der Waals surface area contributed by atoms with Crippen LogP contribution in [-0.4, -0.2) is 29.2 Å². The Hall–Kier alpha value is -2.67. The van der Waals surface area contributed by atoms with E-state index in [1.54, 1.807) is 6.92 Å². The summed E-state index contributed by atoms with van der Waals surface area (Å²) in [7, 11) is 1.30. The van der Waals surface area contributed by atoms with Gasteiger partial charge in [0.15, 0.2) is 0 Å². The van der Waals surface area contributed by atoms with Crippen LogP contribution in [0.5, 0.6) is 5.75 Å². The van der Waals surface area contributed by atoms with Crippen LogP contribution < -0.4 is 10.3 Å². The first-order valence-electron chi connectivity index (χ1n) is 8.36. The van der Waals surface area contributed by atoms with Gasteiger partial charge in [0.25, 0.3) is 5.56 Å². The average Bonchev–Trinajstić information content (AvgIpc) is 3.11. The van der Waals surface area contributed by atoms with E-state index in [2.05, 4.69) is 11.9 Å². The Labute approximate surface area is 155 Å². The Kier molecular flexibility index (Phi) is 5.37. The maximum absolute atomic E-state index is 13.0. The summed E-state index contributed by atoms with van der Waals surface area (Å²) in [5.41, 5.74) is 1.45. The largest absolute Gasteiger partial charge is 0.494 e. The lowest BCUT2D eigenvalue weighted by molar-refractivity contribution is -0.144. The highest BCUT2D eigenvalue weighted by Crippen LogP contribution is 2.31. The number of esters is 1. The van der Waals surface area contributed by atoms with Crippen molar-refractivity contribution in [1.82, 2.24) is 9.55 Å². The third-order valence-electron chi connectivity index (χ3n) is 4.12. The quantitative estimate of drug-likeness (QED) is 0.618. The van der Waals surface area contributed by atoms with Crippen molar-refractivity contribution in [3.05, 3.63) is 46.3 Å². The number of hydrogen-bond donors (Lipinski definition) is 0. The van der Waals surface area contributed by atoms with E-state index < -0.39 is 12.0 Å². The molecule has 0 amide bonds. The minimum Gasteiger partial charge on any atom is -0.494 e. The second-order valence-corrected chi connectivity index (χ2v) is 6.72. The van der Waals surface area contributed by atoms with Crippen LogP contribution in [0.3, 0.4) is 0 Å². The van der Waals surface area contributed by atoms with Gasteiger partial charge in [0, 0.05) is 10.9 Å². The summed E-state index contributed by atoms with van der Waals surface area (Å²) in [5, 5.41) is 2.42. The van der Waals surface area contributed by atoms with Gasteiger partial charge in [0.1, 0.15) is 16.6 Å². The van der Waals surface area contributed by atoms with Crippen molar-refractivity contribution < 1.29 is 14.3 Å². The van der Waals surface area contributed by atoms with Crippen LogP contribution in [0.4, 0.5) is 0 Å². The SMILES string of the molecule is CCCOc1ccc(-c2csc3ncn([C@H](C)C(=O)OC)c(=O)c23)cc1.